The Morgan fingerprint density at radius 2 is 1.29 bits per heavy atom. The molecular weight excluding hydrogens is 1180 g/mol. The third kappa shape index (κ3) is 20.1. The van der Waals surface area contributed by atoms with Crippen LogP contribution in [0.15, 0.2) is 10.3 Å². The molecule has 222 valence electrons. The number of thioether (sulfide) groups is 2. The van der Waals surface area contributed by atoms with Gasteiger partial charge < -0.3 is 15.2 Å². The third-order valence-corrected chi connectivity index (χ3v) is 4.88. The second kappa shape index (κ2) is 27.9. The van der Waals surface area contributed by atoms with Crippen molar-refractivity contribution < 1.29 is 128 Å². The summed E-state index contributed by atoms with van der Waals surface area (Å²) in [5.74, 6) is -0.503. The smallest absolute Gasteiger partial charge is 0.412 e. The Morgan fingerprint density at radius 1 is 0.878 bits per heavy atom. The molecule has 2 radical (unpaired) electrons. The second-order valence-electron chi connectivity index (χ2n) is 5.46. The molecule has 0 aromatic carbocycles. The SMILES string of the molecule is CCOC(=O)Cl.CCOC(=O)Nc1nc(SC)nc(Cl)c1[N+](=O)[O-].CSc1nc(N)c([N+](=O)[O-])c(Cl)n1.[U].[U].[V].[V]. The molecule has 0 spiro atoms. The van der Waals surface area contributed by atoms with Crippen LogP contribution in [0.4, 0.5) is 32.6 Å². The Kier molecular flexibility index (Phi) is 34.6. The van der Waals surface area contributed by atoms with Gasteiger partial charge in [-0.05, 0) is 26.4 Å². The van der Waals surface area contributed by atoms with E-state index in [9.17, 15) is 29.8 Å². The second-order valence-corrected chi connectivity index (χ2v) is 8.04. The maximum atomic E-state index is 11.2. The van der Waals surface area contributed by atoms with Crippen LogP contribution in [0.1, 0.15) is 13.8 Å². The van der Waals surface area contributed by atoms with Crippen LogP contribution in [0.2, 0.25) is 10.3 Å². The number of carbonyl (C=O) groups is 2. The predicted octanol–water partition coefficient (Wildman–Crippen LogP) is 5.05. The number of nitrogens with one attached hydrogen (secondary N) is 1. The fraction of sp³-hybridized carbons (Fsp3) is 0.375. The molecule has 2 rings (SSSR count). The first-order valence-electron chi connectivity index (χ1n) is 9.35. The summed E-state index contributed by atoms with van der Waals surface area (Å²) in [5, 5.41) is 23.3. The van der Waals surface area contributed by atoms with Crippen molar-refractivity contribution in [2.75, 3.05) is 36.8 Å². The van der Waals surface area contributed by atoms with Crippen LogP contribution in [0.25, 0.3) is 0 Å². The van der Waals surface area contributed by atoms with E-state index in [1.54, 1.807) is 26.4 Å². The van der Waals surface area contributed by atoms with E-state index in [1.165, 1.54) is 11.8 Å². The molecule has 3 N–H and O–H groups in total. The molecule has 0 aliphatic rings. The number of hydrogen-bond donors (Lipinski definition) is 2. The maximum Gasteiger partial charge on any atom is 0.412 e. The molecule has 0 atom stereocenters. The van der Waals surface area contributed by atoms with E-state index in [0.29, 0.717) is 11.8 Å². The van der Waals surface area contributed by atoms with Gasteiger partial charge in [0.2, 0.25) is 21.9 Å². The van der Waals surface area contributed by atoms with E-state index in [1.807, 2.05) is 0 Å². The first-order valence-corrected chi connectivity index (χ1v) is 12.9. The Labute approximate surface area is 328 Å². The quantitative estimate of drug-likeness (QED) is 0.0924. The summed E-state index contributed by atoms with van der Waals surface area (Å²) in [4.78, 5) is 55.4. The Bertz CT molecular complexity index is 1130. The number of anilines is 2. The molecule has 2 aromatic rings. The van der Waals surface area contributed by atoms with Crippen molar-refractivity contribution in [2.45, 2.75) is 24.2 Å². The minimum atomic E-state index is -0.845. The summed E-state index contributed by atoms with van der Waals surface area (Å²) < 4.78 is 8.78. The molecule has 0 aliphatic heterocycles. The van der Waals surface area contributed by atoms with Gasteiger partial charge in [-0.3, -0.25) is 25.5 Å². The van der Waals surface area contributed by atoms with E-state index in [0.717, 1.165) is 11.8 Å². The van der Waals surface area contributed by atoms with E-state index in [4.69, 9.17) is 40.5 Å². The fourth-order valence-electron chi connectivity index (χ4n) is 1.81. The summed E-state index contributed by atoms with van der Waals surface area (Å²) in [6.07, 6.45) is 2.55. The molecule has 2 aromatic heterocycles. The number of carbonyl (C=O) groups excluding carboxylic acids is 2. The van der Waals surface area contributed by atoms with Crippen LogP contribution in [0.3, 0.4) is 0 Å². The minimum absolute atomic E-state index is 0. The zero-order chi connectivity index (χ0) is 28.7. The molecule has 0 bridgehead atoms. The van der Waals surface area contributed by atoms with Crippen LogP contribution in [0.5, 0.6) is 0 Å². The Hall–Kier alpha value is 0.343. The molecule has 25 heteroatoms. The molecule has 16 nitrogen and oxygen atoms in total. The van der Waals surface area contributed by atoms with Gasteiger partial charge in [0.25, 0.3) is 0 Å². The van der Waals surface area contributed by atoms with Crippen molar-refractivity contribution in [3.8, 4) is 0 Å². The van der Waals surface area contributed by atoms with Gasteiger partial charge in [0.1, 0.15) is 0 Å². The van der Waals surface area contributed by atoms with Crippen molar-refractivity contribution >= 4 is 92.9 Å². The number of halogens is 3. The average molecular weight is 1200 g/mol. The molecule has 0 saturated heterocycles. The molecule has 41 heavy (non-hydrogen) atoms. The van der Waals surface area contributed by atoms with Crippen molar-refractivity contribution in [3.05, 3.63) is 30.5 Å². The summed E-state index contributed by atoms with van der Waals surface area (Å²) in [6, 6.07) is 0. The van der Waals surface area contributed by atoms with E-state index < -0.39 is 32.7 Å². The van der Waals surface area contributed by atoms with Crippen LogP contribution < -0.4 is 11.1 Å². The molecule has 2 heterocycles. The number of amides is 1. The van der Waals surface area contributed by atoms with Crippen LogP contribution in [0, 0.1) is 82.5 Å². The number of nitrogens with zero attached hydrogens (tertiary/aromatic N) is 6. The van der Waals surface area contributed by atoms with Crippen LogP contribution >= 0.6 is 58.3 Å². The standard InChI is InChI=1S/C8H9ClN4O4S.C5H5ClN4O2S.C3H5ClO2.2U.2V/c1-3-17-8(14)12-6-4(13(15)16)5(9)10-7(11-6)18-2;1-13-5-8-3(6)2(10(11)12)4(7)9-5;1-2-6-3(4)5;;;;/h3H2,1-2H3,(H,10,11,12,14);1H3,(H2,7,8,9);2H2,1H3;;;;. The van der Waals surface area contributed by atoms with Crippen molar-refractivity contribution in [2.24, 2.45) is 0 Å². The largest absolute Gasteiger partial charge is 0.454 e. The summed E-state index contributed by atoms with van der Waals surface area (Å²) in [6.45, 7) is 3.78. The zero-order valence-electron chi connectivity index (χ0n) is 21.3. The molecule has 0 fully saturated rings. The molecule has 1 amide bonds. The summed E-state index contributed by atoms with van der Waals surface area (Å²) in [7, 11) is 0. The third-order valence-electron chi connectivity index (χ3n) is 3.15. The minimum Gasteiger partial charge on any atom is -0.454 e. The Balaban J connectivity index is -0.000000167. The predicted molar refractivity (Wildman–Crippen MR) is 139 cm³/mol. The summed E-state index contributed by atoms with van der Waals surface area (Å²) in [5.41, 5.74) is 3.56. The topological polar surface area (TPSA) is 228 Å². The van der Waals surface area contributed by atoms with Gasteiger partial charge in [-0.1, -0.05) is 46.7 Å². The number of rotatable bonds is 7. The van der Waals surface area contributed by atoms with Gasteiger partial charge in [-0.25, -0.2) is 19.6 Å². The number of hydrogen-bond acceptors (Lipinski definition) is 15. The zero-order valence-corrected chi connectivity index (χ0v) is 36.3. The molecule has 0 unspecified atom stereocenters. The first kappa shape index (κ1) is 50.9. The number of nitro groups is 2. The average Bonchev–Trinajstić information content (AvgIpc) is 2.78. The number of nitrogens with two attached hydrogens (primary N) is 1. The monoisotopic (exact) mass is 1200 g/mol. The van der Waals surface area contributed by atoms with E-state index >= 15 is 0 Å². The normalized spacial score (nSPS) is 8.66. The van der Waals surface area contributed by atoms with Gasteiger partial charge in [0.05, 0.1) is 23.1 Å². The van der Waals surface area contributed by atoms with Crippen molar-refractivity contribution in [1.29, 1.82) is 0 Å². The van der Waals surface area contributed by atoms with Crippen LogP contribution in [-0.2, 0) is 46.6 Å². The number of nitrogen functional groups attached to an aromatic ring is 1. The van der Waals surface area contributed by atoms with Crippen LogP contribution in [-0.4, -0.2) is 67.0 Å². The Morgan fingerprint density at radius 3 is 1.61 bits per heavy atom. The number of ether oxygens (including phenoxy) is 2. The van der Waals surface area contributed by atoms with Gasteiger partial charge in [-0.15, -0.1) is 0 Å². The molecule has 0 aliphatic carbocycles. The maximum absolute atomic E-state index is 11.2. The van der Waals surface area contributed by atoms with Gasteiger partial charge >= 0.3 is 22.9 Å². The van der Waals surface area contributed by atoms with Gasteiger partial charge in [0.15, 0.2) is 10.3 Å². The van der Waals surface area contributed by atoms with Gasteiger partial charge in [-0.2, -0.15) is 9.97 Å². The van der Waals surface area contributed by atoms with Crippen molar-refractivity contribution in [1.82, 2.24) is 19.9 Å². The van der Waals surface area contributed by atoms with Gasteiger partial charge in [0, 0.05) is 111 Å². The van der Waals surface area contributed by atoms with Crippen molar-refractivity contribution in [3.63, 3.8) is 0 Å². The fourth-order valence-corrected chi connectivity index (χ4v) is 3.24. The van der Waals surface area contributed by atoms with E-state index in [2.05, 4.69) is 34.7 Å². The molecule has 0 saturated carbocycles. The number of aromatic nitrogens is 4. The summed E-state index contributed by atoms with van der Waals surface area (Å²) >= 11 is 18.3. The first-order chi connectivity index (χ1) is 17.3. The molecular formula is C16H19Cl3N8O8S2U2V2. The van der Waals surface area contributed by atoms with E-state index in [-0.39, 0.29) is 133 Å².